The number of nitrogens with zero attached hydrogens (tertiary/aromatic N) is 1. The van der Waals surface area contributed by atoms with Crippen LogP contribution < -0.4 is 20.2 Å². The quantitative estimate of drug-likeness (QED) is 0.330. The predicted molar refractivity (Wildman–Crippen MR) is 135 cm³/mol. The molecule has 7 nitrogen and oxygen atoms in total. The number of halogens is 1. The van der Waals surface area contributed by atoms with Crippen molar-refractivity contribution in [2.45, 2.75) is 19.8 Å². The van der Waals surface area contributed by atoms with Gasteiger partial charge in [0.05, 0.1) is 37.8 Å². The second kappa shape index (κ2) is 11.9. The van der Waals surface area contributed by atoms with Crippen molar-refractivity contribution in [3.63, 3.8) is 0 Å². The van der Waals surface area contributed by atoms with Crippen LogP contribution in [0, 0.1) is 0 Å². The van der Waals surface area contributed by atoms with Gasteiger partial charge in [-0.05, 0) is 23.6 Å². The third kappa shape index (κ3) is 6.83. The molecule has 176 valence electrons. The second-order valence-corrected chi connectivity index (χ2v) is 7.94. The van der Waals surface area contributed by atoms with Gasteiger partial charge in [-0.25, -0.2) is 5.43 Å². The van der Waals surface area contributed by atoms with Crippen LogP contribution in [0.2, 0.25) is 5.02 Å². The maximum absolute atomic E-state index is 12.4. The molecule has 0 radical (unpaired) electrons. The van der Waals surface area contributed by atoms with Crippen molar-refractivity contribution in [1.82, 2.24) is 5.43 Å². The van der Waals surface area contributed by atoms with Crippen molar-refractivity contribution < 1.29 is 19.1 Å². The lowest BCUT2D eigenvalue weighted by Crippen LogP contribution is -2.23. The molecule has 8 heteroatoms. The fourth-order valence-electron chi connectivity index (χ4n) is 3.25. The number of carbonyl (C=O) groups is 2. The van der Waals surface area contributed by atoms with E-state index in [9.17, 15) is 9.59 Å². The number of hydrogen-bond donors (Lipinski definition) is 2. The van der Waals surface area contributed by atoms with Crippen LogP contribution in [0.15, 0.2) is 71.8 Å². The zero-order chi connectivity index (χ0) is 24.5. The summed E-state index contributed by atoms with van der Waals surface area (Å²) in [6.45, 7) is 1.66. The molecule has 34 heavy (non-hydrogen) atoms. The van der Waals surface area contributed by atoms with E-state index in [4.69, 9.17) is 21.1 Å². The van der Waals surface area contributed by atoms with Crippen molar-refractivity contribution in [2.75, 3.05) is 19.5 Å². The Hall–Kier alpha value is -3.84. The summed E-state index contributed by atoms with van der Waals surface area (Å²) in [5.41, 5.74) is 6.44. The van der Waals surface area contributed by atoms with Gasteiger partial charge in [-0.2, -0.15) is 5.10 Å². The van der Waals surface area contributed by atoms with Gasteiger partial charge in [-0.15, -0.1) is 0 Å². The summed E-state index contributed by atoms with van der Waals surface area (Å²) >= 11 is 6.09. The molecule has 0 fully saturated rings. The van der Waals surface area contributed by atoms with Crippen LogP contribution in [0.5, 0.6) is 11.5 Å². The molecular weight excluding hydrogens is 454 g/mol. The van der Waals surface area contributed by atoms with Gasteiger partial charge in [0.15, 0.2) is 0 Å². The summed E-state index contributed by atoms with van der Waals surface area (Å²) in [5.74, 6) is 0.221. The summed E-state index contributed by atoms with van der Waals surface area (Å²) in [6, 6.07) is 21.0. The van der Waals surface area contributed by atoms with Crippen LogP contribution in [-0.4, -0.2) is 31.7 Å². The van der Waals surface area contributed by atoms with Gasteiger partial charge in [0.2, 0.25) is 11.8 Å². The van der Waals surface area contributed by atoms with Gasteiger partial charge < -0.3 is 14.8 Å². The first-order valence-electron chi connectivity index (χ1n) is 10.6. The summed E-state index contributed by atoms with van der Waals surface area (Å²) in [7, 11) is 2.96. The number of rotatable bonds is 9. The van der Waals surface area contributed by atoms with E-state index in [1.807, 2.05) is 54.6 Å². The summed E-state index contributed by atoms with van der Waals surface area (Å²) in [6.07, 6.45) is 0.167. The zero-order valence-electron chi connectivity index (χ0n) is 19.2. The average molecular weight is 480 g/mol. The molecule has 0 aromatic heterocycles. The van der Waals surface area contributed by atoms with Crippen LogP contribution in [0.1, 0.15) is 18.9 Å². The fraction of sp³-hybridized carbons (Fsp3) is 0.192. The molecule has 0 saturated heterocycles. The Morgan fingerprint density at radius 3 is 2.18 bits per heavy atom. The lowest BCUT2D eigenvalue weighted by atomic mass is 10.0. The molecule has 3 rings (SSSR count). The molecule has 0 heterocycles. The Labute approximate surface area is 203 Å². The number of hydrazone groups is 1. The van der Waals surface area contributed by atoms with Gasteiger partial charge in [0.1, 0.15) is 11.5 Å². The zero-order valence-corrected chi connectivity index (χ0v) is 20.0. The number of benzene rings is 3. The van der Waals surface area contributed by atoms with E-state index < -0.39 is 0 Å². The summed E-state index contributed by atoms with van der Waals surface area (Å²) in [5, 5.41) is 7.15. The third-order valence-corrected chi connectivity index (χ3v) is 5.26. The van der Waals surface area contributed by atoms with Crippen molar-refractivity contribution in [3.8, 4) is 22.6 Å². The van der Waals surface area contributed by atoms with E-state index in [0.717, 1.165) is 16.7 Å². The topological polar surface area (TPSA) is 89.0 Å². The second-order valence-electron chi connectivity index (χ2n) is 7.53. The highest BCUT2D eigenvalue weighted by atomic mass is 35.5. The van der Waals surface area contributed by atoms with Crippen molar-refractivity contribution in [2.24, 2.45) is 5.10 Å². The normalized spacial score (nSPS) is 11.0. The molecule has 3 aromatic carbocycles. The maximum atomic E-state index is 12.4. The largest absolute Gasteiger partial charge is 0.495 e. The number of nitrogens with one attached hydrogen (secondary N) is 2. The standard InChI is InChI=1S/C26H26ClN3O4/c1-17(13-25(31)28-22-16-23(33-2)21(27)15-24(22)34-3)29-30-26(32)14-18-9-11-20(12-10-18)19-7-5-4-6-8-19/h4-12,15-16H,13-14H2,1-3H3,(H,28,31)(H,30,32)/b29-17-. The lowest BCUT2D eigenvalue weighted by molar-refractivity contribution is -0.120. The van der Waals surface area contributed by atoms with Crippen LogP contribution in [-0.2, 0) is 16.0 Å². The number of amides is 2. The highest BCUT2D eigenvalue weighted by Gasteiger charge is 2.13. The molecule has 0 spiro atoms. The third-order valence-electron chi connectivity index (χ3n) is 4.96. The van der Waals surface area contributed by atoms with Crippen molar-refractivity contribution >= 4 is 34.8 Å². The van der Waals surface area contributed by atoms with Crippen molar-refractivity contribution in [3.05, 3.63) is 77.3 Å². The minimum atomic E-state index is -0.324. The van der Waals surface area contributed by atoms with E-state index in [1.165, 1.54) is 14.2 Å². The smallest absolute Gasteiger partial charge is 0.244 e. The SMILES string of the molecule is COc1cc(NC(=O)C/C(C)=N\NC(=O)Cc2ccc(-c3ccccc3)cc2)c(OC)cc1Cl. The Balaban J connectivity index is 1.53. The van der Waals surface area contributed by atoms with E-state index in [1.54, 1.807) is 19.1 Å². The monoisotopic (exact) mass is 479 g/mol. The van der Waals surface area contributed by atoms with Crippen LogP contribution >= 0.6 is 11.6 Å². The van der Waals surface area contributed by atoms with Gasteiger partial charge >= 0.3 is 0 Å². The number of methoxy groups -OCH3 is 2. The highest BCUT2D eigenvalue weighted by molar-refractivity contribution is 6.32. The first kappa shape index (κ1) is 24.8. The molecule has 2 amide bonds. The van der Waals surface area contributed by atoms with Crippen LogP contribution in [0.25, 0.3) is 11.1 Å². The molecule has 0 saturated carbocycles. The molecule has 3 aromatic rings. The molecule has 0 atom stereocenters. The van der Waals surface area contributed by atoms with E-state index in [0.29, 0.717) is 27.9 Å². The van der Waals surface area contributed by atoms with Crippen LogP contribution in [0.4, 0.5) is 5.69 Å². The molecule has 0 aliphatic carbocycles. The predicted octanol–water partition coefficient (Wildman–Crippen LogP) is 5.09. The Morgan fingerprint density at radius 1 is 0.882 bits per heavy atom. The van der Waals surface area contributed by atoms with Gasteiger partial charge in [0, 0.05) is 17.8 Å². The average Bonchev–Trinajstić information content (AvgIpc) is 2.84. The first-order valence-corrected chi connectivity index (χ1v) is 10.9. The summed E-state index contributed by atoms with van der Waals surface area (Å²) in [4.78, 5) is 24.7. The number of hydrogen-bond acceptors (Lipinski definition) is 5. The fourth-order valence-corrected chi connectivity index (χ4v) is 3.48. The molecule has 0 bridgehead atoms. The number of anilines is 1. The Bertz CT molecular complexity index is 1180. The summed E-state index contributed by atoms with van der Waals surface area (Å²) < 4.78 is 10.4. The maximum Gasteiger partial charge on any atom is 0.244 e. The molecule has 2 N–H and O–H groups in total. The minimum Gasteiger partial charge on any atom is -0.495 e. The van der Waals surface area contributed by atoms with E-state index in [2.05, 4.69) is 15.8 Å². The van der Waals surface area contributed by atoms with Crippen LogP contribution in [0.3, 0.4) is 0 Å². The van der Waals surface area contributed by atoms with Gasteiger partial charge in [0.25, 0.3) is 0 Å². The van der Waals surface area contributed by atoms with E-state index in [-0.39, 0.29) is 24.7 Å². The Morgan fingerprint density at radius 2 is 1.53 bits per heavy atom. The first-order chi connectivity index (χ1) is 16.4. The van der Waals surface area contributed by atoms with Gasteiger partial charge in [-0.3, -0.25) is 9.59 Å². The van der Waals surface area contributed by atoms with Gasteiger partial charge in [-0.1, -0.05) is 66.2 Å². The van der Waals surface area contributed by atoms with Crippen molar-refractivity contribution in [1.29, 1.82) is 0 Å². The molecular formula is C26H26ClN3O4. The molecule has 0 aliphatic heterocycles. The number of carbonyl (C=O) groups excluding carboxylic acids is 2. The molecule has 0 unspecified atom stereocenters. The molecule has 0 aliphatic rings. The van der Waals surface area contributed by atoms with E-state index >= 15 is 0 Å². The minimum absolute atomic E-state index is 0.0137. The highest BCUT2D eigenvalue weighted by Crippen LogP contribution is 2.35. The number of ether oxygens (including phenoxy) is 2. The Kier molecular flexibility index (Phi) is 8.65. The lowest BCUT2D eigenvalue weighted by Gasteiger charge is -2.13.